The molecule has 0 aliphatic carbocycles. The van der Waals surface area contributed by atoms with E-state index in [1.54, 1.807) is 25.2 Å². The molecule has 2 fully saturated rings. The Morgan fingerprint density at radius 1 is 1.40 bits per heavy atom. The third-order valence-corrected chi connectivity index (χ3v) is 4.81. The lowest BCUT2D eigenvalue weighted by Crippen LogP contribution is -2.37. The zero-order chi connectivity index (χ0) is 18.0. The van der Waals surface area contributed by atoms with Crippen molar-refractivity contribution in [1.29, 1.82) is 0 Å². The van der Waals surface area contributed by atoms with Gasteiger partial charge in [-0.15, -0.1) is 0 Å². The van der Waals surface area contributed by atoms with Gasteiger partial charge in [0.15, 0.2) is 5.11 Å². The maximum absolute atomic E-state index is 12.7. The summed E-state index contributed by atoms with van der Waals surface area (Å²) in [5, 5.41) is 3.42. The molecule has 1 N–H and O–H groups in total. The minimum absolute atomic E-state index is 0.0563. The average molecular weight is 362 g/mol. The summed E-state index contributed by atoms with van der Waals surface area (Å²) in [6.45, 7) is 3.15. The summed E-state index contributed by atoms with van der Waals surface area (Å²) in [6.07, 6.45) is 3.80. The lowest BCUT2D eigenvalue weighted by atomic mass is 10.1. The van der Waals surface area contributed by atoms with Crippen LogP contribution < -0.4 is 14.8 Å². The Labute approximate surface area is 152 Å². The van der Waals surface area contributed by atoms with E-state index in [1.165, 1.54) is 0 Å². The number of hydrogen-bond donors (Lipinski definition) is 1. The van der Waals surface area contributed by atoms with E-state index in [0.29, 0.717) is 23.1 Å². The largest absolute Gasteiger partial charge is 0.496 e. The summed E-state index contributed by atoms with van der Waals surface area (Å²) in [7, 11) is 3.21. The summed E-state index contributed by atoms with van der Waals surface area (Å²) in [4.78, 5) is 14.3. The van der Waals surface area contributed by atoms with Crippen LogP contribution >= 0.6 is 12.2 Å². The maximum atomic E-state index is 12.7. The first kappa shape index (κ1) is 17.7. The van der Waals surface area contributed by atoms with Crippen LogP contribution in [-0.4, -0.2) is 49.4 Å². The molecule has 6 nitrogen and oxygen atoms in total. The third-order valence-electron chi connectivity index (χ3n) is 4.48. The van der Waals surface area contributed by atoms with Gasteiger partial charge in [0.05, 0.1) is 26.9 Å². The zero-order valence-electron chi connectivity index (χ0n) is 14.6. The van der Waals surface area contributed by atoms with Crippen molar-refractivity contribution in [3.8, 4) is 11.5 Å². The highest BCUT2D eigenvalue weighted by molar-refractivity contribution is 7.80. The molecular weight excluding hydrogens is 340 g/mol. The summed E-state index contributed by atoms with van der Waals surface area (Å²) in [5.74, 6) is 1.27. The average Bonchev–Trinajstić information content (AvgIpc) is 3.20. The van der Waals surface area contributed by atoms with E-state index in [4.69, 9.17) is 26.4 Å². The molecule has 134 valence electrons. The highest BCUT2D eigenvalue weighted by Gasteiger charge is 2.33. The molecule has 0 radical (unpaired) electrons. The number of nitrogens with one attached hydrogen (secondary N) is 1. The smallest absolute Gasteiger partial charge is 0.276 e. The standard InChI is InChI=1S/C18H22N2O4S/c1-11-15(22-2)7-6-12(16(11)23-3)9-14-17(21)20(18(25)19-14)10-13-5-4-8-24-13/h6-7,9,13H,4-5,8,10H2,1-3H3,(H,19,25). The Kier molecular flexibility index (Phi) is 5.24. The Morgan fingerprint density at radius 2 is 2.20 bits per heavy atom. The predicted octanol–water partition coefficient (Wildman–Crippen LogP) is 2.25. The molecule has 0 saturated carbocycles. The first-order valence-electron chi connectivity index (χ1n) is 8.23. The molecule has 1 amide bonds. The predicted molar refractivity (Wildman–Crippen MR) is 98.7 cm³/mol. The Bertz CT molecular complexity index is 726. The number of rotatable bonds is 5. The molecule has 0 bridgehead atoms. The van der Waals surface area contributed by atoms with E-state index in [1.807, 2.05) is 19.1 Å². The van der Waals surface area contributed by atoms with Crippen molar-refractivity contribution in [2.45, 2.75) is 25.9 Å². The first-order valence-corrected chi connectivity index (χ1v) is 8.63. The molecular formula is C18H22N2O4S. The van der Waals surface area contributed by atoms with Crippen molar-refractivity contribution in [3.63, 3.8) is 0 Å². The van der Waals surface area contributed by atoms with Gasteiger partial charge in [0, 0.05) is 17.7 Å². The van der Waals surface area contributed by atoms with Crippen LogP contribution in [0.5, 0.6) is 11.5 Å². The number of carbonyl (C=O) groups is 1. The van der Waals surface area contributed by atoms with Gasteiger partial charge >= 0.3 is 0 Å². The Morgan fingerprint density at radius 3 is 2.84 bits per heavy atom. The lowest BCUT2D eigenvalue weighted by Gasteiger charge is -2.18. The van der Waals surface area contributed by atoms with Crippen molar-refractivity contribution in [3.05, 3.63) is 29.0 Å². The summed E-state index contributed by atoms with van der Waals surface area (Å²) < 4.78 is 16.4. The molecule has 1 atom stereocenters. The molecule has 2 heterocycles. The number of amides is 1. The second-order valence-electron chi connectivity index (χ2n) is 6.05. The van der Waals surface area contributed by atoms with Gasteiger partial charge in [-0.25, -0.2) is 0 Å². The first-order chi connectivity index (χ1) is 12.0. The minimum Gasteiger partial charge on any atom is -0.496 e. The molecule has 25 heavy (non-hydrogen) atoms. The molecule has 3 rings (SSSR count). The minimum atomic E-state index is -0.143. The van der Waals surface area contributed by atoms with Crippen molar-refractivity contribution in [2.24, 2.45) is 0 Å². The normalized spacial score (nSPS) is 21.8. The molecule has 1 unspecified atom stereocenters. The van der Waals surface area contributed by atoms with E-state index >= 15 is 0 Å². The highest BCUT2D eigenvalue weighted by atomic mass is 32.1. The SMILES string of the molecule is COc1ccc(C=C2NC(=S)N(CC3CCCO3)C2=O)c(OC)c1C. The van der Waals surface area contributed by atoms with Crippen molar-refractivity contribution >= 4 is 29.3 Å². The molecule has 0 aromatic heterocycles. The van der Waals surface area contributed by atoms with Crippen molar-refractivity contribution in [1.82, 2.24) is 10.2 Å². The van der Waals surface area contributed by atoms with Crippen molar-refractivity contribution < 1.29 is 19.0 Å². The summed E-state index contributed by atoms with van der Waals surface area (Å²) in [6, 6.07) is 3.71. The molecule has 2 saturated heterocycles. The van der Waals surface area contributed by atoms with Crippen LogP contribution in [0.15, 0.2) is 17.8 Å². The number of nitrogens with zero attached hydrogens (tertiary/aromatic N) is 1. The van der Waals surface area contributed by atoms with Gasteiger partial charge in [-0.3, -0.25) is 9.69 Å². The van der Waals surface area contributed by atoms with E-state index < -0.39 is 0 Å². The Balaban J connectivity index is 1.85. The van der Waals surface area contributed by atoms with Gasteiger partial charge in [0.25, 0.3) is 5.91 Å². The molecule has 7 heteroatoms. The molecule has 1 aromatic carbocycles. The van der Waals surface area contributed by atoms with E-state index in [0.717, 1.165) is 36.3 Å². The fraction of sp³-hybridized carbons (Fsp3) is 0.444. The number of thiocarbonyl (C=S) groups is 1. The molecule has 1 aromatic rings. The number of methoxy groups -OCH3 is 2. The number of benzene rings is 1. The van der Waals surface area contributed by atoms with Gasteiger partial charge in [-0.05, 0) is 50.2 Å². The van der Waals surface area contributed by atoms with Crippen LogP contribution in [0.2, 0.25) is 0 Å². The highest BCUT2D eigenvalue weighted by Crippen LogP contribution is 2.33. The fourth-order valence-corrected chi connectivity index (χ4v) is 3.45. The second-order valence-corrected chi connectivity index (χ2v) is 6.44. The van der Waals surface area contributed by atoms with E-state index in [2.05, 4.69) is 5.32 Å². The molecule has 2 aliphatic heterocycles. The van der Waals surface area contributed by atoms with Crippen LogP contribution in [0.1, 0.15) is 24.0 Å². The lowest BCUT2D eigenvalue weighted by molar-refractivity contribution is -0.123. The van der Waals surface area contributed by atoms with Crippen molar-refractivity contribution in [2.75, 3.05) is 27.4 Å². The van der Waals surface area contributed by atoms with Gasteiger partial charge in [0.1, 0.15) is 17.2 Å². The van der Waals surface area contributed by atoms with Gasteiger partial charge in [-0.1, -0.05) is 0 Å². The number of hydrogen-bond acceptors (Lipinski definition) is 5. The Hall–Kier alpha value is -2.12. The fourth-order valence-electron chi connectivity index (χ4n) is 3.19. The number of ether oxygens (including phenoxy) is 3. The zero-order valence-corrected chi connectivity index (χ0v) is 15.4. The molecule has 2 aliphatic rings. The van der Waals surface area contributed by atoms with Crippen LogP contribution in [0.25, 0.3) is 6.08 Å². The van der Waals surface area contributed by atoms with Gasteiger partial charge in [0.2, 0.25) is 0 Å². The van der Waals surface area contributed by atoms with Gasteiger partial charge < -0.3 is 19.5 Å². The van der Waals surface area contributed by atoms with Gasteiger partial charge in [-0.2, -0.15) is 0 Å². The monoisotopic (exact) mass is 362 g/mol. The second kappa shape index (κ2) is 7.41. The van der Waals surface area contributed by atoms with Crippen LogP contribution in [-0.2, 0) is 9.53 Å². The third kappa shape index (κ3) is 3.48. The van der Waals surface area contributed by atoms with Crippen LogP contribution in [0.4, 0.5) is 0 Å². The maximum Gasteiger partial charge on any atom is 0.276 e. The summed E-state index contributed by atoms with van der Waals surface area (Å²) >= 11 is 5.32. The van der Waals surface area contributed by atoms with E-state index in [-0.39, 0.29) is 12.0 Å². The van der Waals surface area contributed by atoms with E-state index in [9.17, 15) is 4.79 Å². The quantitative estimate of drug-likeness (QED) is 0.640. The number of carbonyl (C=O) groups excluding carboxylic acids is 1. The van der Waals surface area contributed by atoms with Crippen LogP contribution in [0.3, 0.4) is 0 Å². The molecule has 0 spiro atoms. The summed E-state index contributed by atoms with van der Waals surface area (Å²) in [5.41, 5.74) is 2.10. The topological polar surface area (TPSA) is 60.0 Å². The van der Waals surface area contributed by atoms with Crippen LogP contribution in [0, 0.1) is 6.92 Å².